The van der Waals surface area contributed by atoms with Gasteiger partial charge < -0.3 is 0 Å². The molecule has 0 aromatic carbocycles. The fourth-order valence-corrected chi connectivity index (χ4v) is 25.0. The van der Waals surface area contributed by atoms with Gasteiger partial charge in [0.05, 0.1) is 0 Å². The Bertz CT molecular complexity index is 133. The average molecular weight is 339 g/mol. The van der Waals surface area contributed by atoms with Gasteiger partial charge in [0, 0.05) is 0 Å². The maximum absolute atomic E-state index is 5.70. The molecule has 0 aliphatic heterocycles. The van der Waals surface area contributed by atoms with Crippen LogP contribution in [0.15, 0.2) is 0 Å². The zero-order valence-corrected chi connectivity index (χ0v) is 15.3. The second-order valence-electron chi connectivity index (χ2n) is 4.39. The molecule has 0 amide bonds. The molecule has 0 aliphatic rings. The van der Waals surface area contributed by atoms with E-state index in [1.807, 2.05) is 0 Å². The van der Waals surface area contributed by atoms with E-state index in [-0.39, 0.29) is 0 Å². The van der Waals surface area contributed by atoms with Crippen LogP contribution in [0.1, 0.15) is 39.5 Å². The Hall–Kier alpha value is 1.16. The molecule has 0 saturated heterocycles. The summed E-state index contributed by atoms with van der Waals surface area (Å²) in [7, 11) is 2.76. The van der Waals surface area contributed by atoms with Crippen LogP contribution in [0.25, 0.3) is 0 Å². The van der Waals surface area contributed by atoms with Crippen molar-refractivity contribution in [2.24, 2.45) is 11.5 Å². The summed E-state index contributed by atoms with van der Waals surface area (Å²) in [4.78, 5) is 0. The number of hydrogen-bond donors (Lipinski definition) is 2. The minimum absolute atomic E-state index is 0.832. The van der Waals surface area contributed by atoms with Crippen LogP contribution in [0.4, 0.5) is 0 Å². The van der Waals surface area contributed by atoms with E-state index in [4.69, 9.17) is 11.5 Å². The van der Waals surface area contributed by atoms with E-state index in [0.717, 1.165) is 24.6 Å². The van der Waals surface area contributed by atoms with Crippen LogP contribution in [-0.2, 0) is 0 Å². The second-order valence-corrected chi connectivity index (χ2v) is 24.8. The zero-order chi connectivity index (χ0) is 13.0. The van der Waals surface area contributed by atoms with Crippen molar-refractivity contribution in [2.45, 2.75) is 50.0 Å². The molecular weight excluding hydrogens is 309 g/mol. The predicted octanol–water partition coefficient (Wildman–Crippen LogP) is 3.41. The van der Waals surface area contributed by atoms with Gasteiger partial charge in [-0.1, -0.05) is 0 Å². The van der Waals surface area contributed by atoms with Crippen molar-refractivity contribution in [1.29, 1.82) is 0 Å². The quantitative estimate of drug-likeness (QED) is 0.535. The van der Waals surface area contributed by atoms with E-state index < -0.39 is 11.0 Å². The molecule has 0 heterocycles. The van der Waals surface area contributed by atoms with E-state index in [9.17, 15) is 0 Å². The summed E-state index contributed by atoms with van der Waals surface area (Å²) < 4.78 is 0. The SMILES string of the molecule is CCC[CH2][Ge]([CH2]CCC)([S]CCN)[S]CCN. The van der Waals surface area contributed by atoms with Gasteiger partial charge in [-0.25, -0.2) is 0 Å². The van der Waals surface area contributed by atoms with E-state index in [2.05, 4.69) is 34.0 Å². The summed E-state index contributed by atoms with van der Waals surface area (Å²) in [6.45, 7) is 6.26. The fraction of sp³-hybridized carbons (Fsp3) is 1.00. The summed E-state index contributed by atoms with van der Waals surface area (Å²) in [6.07, 6.45) is 5.45. The molecule has 0 aliphatic carbocycles. The Labute approximate surface area is 117 Å². The Morgan fingerprint density at radius 2 is 1.24 bits per heavy atom. The molecule has 0 saturated carbocycles. The van der Waals surface area contributed by atoms with Gasteiger partial charge in [-0.15, -0.1) is 0 Å². The van der Waals surface area contributed by atoms with Crippen LogP contribution in [0.5, 0.6) is 0 Å². The molecule has 0 rings (SSSR count). The molecule has 0 atom stereocenters. The van der Waals surface area contributed by atoms with Crippen molar-refractivity contribution in [2.75, 3.05) is 24.6 Å². The van der Waals surface area contributed by atoms with E-state index >= 15 is 0 Å². The number of hydrogen-bond acceptors (Lipinski definition) is 4. The predicted molar refractivity (Wildman–Crippen MR) is 88.2 cm³/mol. The van der Waals surface area contributed by atoms with E-state index in [1.165, 1.54) is 36.2 Å². The minimum atomic E-state index is -1.76. The van der Waals surface area contributed by atoms with Crippen LogP contribution >= 0.6 is 20.2 Å². The Morgan fingerprint density at radius 3 is 1.53 bits per heavy atom. The Kier molecular flexibility index (Phi) is 13.0. The molecule has 104 valence electrons. The molecule has 17 heavy (non-hydrogen) atoms. The number of nitrogens with two attached hydrogens (primary N) is 2. The third kappa shape index (κ3) is 8.81. The Balaban J connectivity index is 4.39. The molecule has 0 radical (unpaired) electrons. The number of unbranched alkanes of at least 4 members (excludes halogenated alkanes) is 2. The summed E-state index contributed by atoms with van der Waals surface area (Å²) in [5, 5.41) is 2.98. The van der Waals surface area contributed by atoms with Gasteiger partial charge in [-0.05, 0) is 0 Å². The van der Waals surface area contributed by atoms with Gasteiger partial charge in [-0.3, -0.25) is 0 Å². The molecule has 0 unspecified atom stereocenters. The van der Waals surface area contributed by atoms with Crippen molar-refractivity contribution < 1.29 is 0 Å². The standard InChI is InChI=1S/C12H30GeN2S2/c1-3-5-7-13(8-6-4-2,16-11-9-14)17-12-10-15/h3-12,14-15H2,1-2H3. The van der Waals surface area contributed by atoms with Crippen LogP contribution in [0.3, 0.4) is 0 Å². The monoisotopic (exact) mass is 340 g/mol. The summed E-state index contributed by atoms with van der Waals surface area (Å²) in [6, 6.07) is 0. The van der Waals surface area contributed by atoms with Crippen LogP contribution in [0, 0.1) is 0 Å². The number of rotatable bonds is 12. The molecule has 2 nitrogen and oxygen atoms in total. The average Bonchev–Trinajstić information content (AvgIpc) is 2.37. The normalized spacial score (nSPS) is 12.0. The van der Waals surface area contributed by atoms with Gasteiger partial charge >= 0.3 is 117 Å². The molecule has 0 aromatic heterocycles. The van der Waals surface area contributed by atoms with Gasteiger partial charge in [0.1, 0.15) is 0 Å². The molecule has 5 heteroatoms. The summed E-state index contributed by atoms with van der Waals surface area (Å²) >= 11 is 0. The molecular formula is C12H30GeN2S2. The third-order valence-corrected chi connectivity index (χ3v) is 26.5. The molecule has 0 aromatic rings. The topological polar surface area (TPSA) is 52.0 Å². The van der Waals surface area contributed by atoms with Gasteiger partial charge in [-0.2, -0.15) is 0 Å². The van der Waals surface area contributed by atoms with Crippen molar-refractivity contribution in [3.63, 3.8) is 0 Å². The van der Waals surface area contributed by atoms with Crippen LogP contribution in [-0.4, -0.2) is 35.6 Å². The first kappa shape index (κ1) is 18.2. The first-order valence-corrected chi connectivity index (χ1v) is 17.0. The van der Waals surface area contributed by atoms with Gasteiger partial charge in [0.25, 0.3) is 0 Å². The van der Waals surface area contributed by atoms with Crippen LogP contribution < -0.4 is 11.5 Å². The van der Waals surface area contributed by atoms with Crippen LogP contribution in [0.2, 0.25) is 10.5 Å². The van der Waals surface area contributed by atoms with Crippen molar-refractivity contribution in [1.82, 2.24) is 0 Å². The zero-order valence-electron chi connectivity index (χ0n) is 11.5. The van der Waals surface area contributed by atoms with E-state index in [1.54, 1.807) is 0 Å². The summed E-state index contributed by atoms with van der Waals surface area (Å²) in [5.41, 5.74) is 11.4. The molecule has 0 bridgehead atoms. The molecule has 4 N–H and O–H groups in total. The first-order chi connectivity index (χ1) is 8.24. The molecule has 0 spiro atoms. The third-order valence-electron chi connectivity index (χ3n) is 2.79. The second kappa shape index (κ2) is 12.2. The van der Waals surface area contributed by atoms with E-state index in [0.29, 0.717) is 0 Å². The maximum atomic E-state index is 5.70. The van der Waals surface area contributed by atoms with Gasteiger partial charge in [0.15, 0.2) is 0 Å². The van der Waals surface area contributed by atoms with Gasteiger partial charge in [0.2, 0.25) is 0 Å². The Morgan fingerprint density at radius 1 is 0.824 bits per heavy atom. The molecule has 0 fully saturated rings. The van der Waals surface area contributed by atoms with Crippen molar-refractivity contribution in [3.8, 4) is 0 Å². The van der Waals surface area contributed by atoms with Crippen molar-refractivity contribution in [3.05, 3.63) is 0 Å². The fourth-order valence-electron chi connectivity index (χ4n) is 1.84. The first-order valence-electron chi connectivity index (χ1n) is 6.92. The summed E-state index contributed by atoms with van der Waals surface area (Å²) in [5.74, 6) is 2.32. The van der Waals surface area contributed by atoms with Crippen molar-refractivity contribution >= 4 is 31.2 Å².